The zero-order valence-electron chi connectivity index (χ0n) is 15.0. The molecule has 2 aromatic carbocycles. The minimum Gasteiger partial charge on any atom is -0.497 e. The first kappa shape index (κ1) is 19.5. The SMILES string of the molecule is COc1cccc(N=C2NC(=O)/C(=C\c3cccc(OCCC(=O)O)c3)S2)c1. The van der Waals surface area contributed by atoms with Gasteiger partial charge in [-0.15, -0.1) is 0 Å². The fraction of sp³-hybridized carbons (Fsp3) is 0.150. The fourth-order valence-electron chi connectivity index (χ4n) is 2.38. The number of ether oxygens (including phenoxy) is 2. The van der Waals surface area contributed by atoms with Crippen LogP contribution in [-0.2, 0) is 9.59 Å². The summed E-state index contributed by atoms with van der Waals surface area (Å²) in [4.78, 5) is 27.7. The highest BCUT2D eigenvalue weighted by molar-refractivity contribution is 8.18. The van der Waals surface area contributed by atoms with E-state index in [4.69, 9.17) is 14.6 Å². The highest BCUT2D eigenvalue weighted by Crippen LogP contribution is 2.29. The van der Waals surface area contributed by atoms with Crippen LogP contribution in [0, 0.1) is 0 Å². The molecule has 28 heavy (non-hydrogen) atoms. The molecule has 1 aliphatic rings. The van der Waals surface area contributed by atoms with Gasteiger partial charge in [-0.1, -0.05) is 18.2 Å². The molecule has 0 spiro atoms. The van der Waals surface area contributed by atoms with Crippen molar-refractivity contribution in [2.75, 3.05) is 13.7 Å². The number of hydrogen-bond acceptors (Lipinski definition) is 6. The van der Waals surface area contributed by atoms with E-state index < -0.39 is 5.97 Å². The van der Waals surface area contributed by atoms with Crippen molar-refractivity contribution in [2.45, 2.75) is 6.42 Å². The Morgan fingerprint density at radius 2 is 2.00 bits per heavy atom. The lowest BCUT2D eigenvalue weighted by Gasteiger charge is -2.05. The fourth-order valence-corrected chi connectivity index (χ4v) is 3.22. The molecule has 0 atom stereocenters. The van der Waals surface area contributed by atoms with Gasteiger partial charge in [-0.2, -0.15) is 0 Å². The lowest BCUT2D eigenvalue weighted by atomic mass is 10.2. The molecule has 1 amide bonds. The second-order valence-corrected chi connectivity index (χ2v) is 6.78. The molecule has 1 fully saturated rings. The molecular formula is C20H18N2O5S. The number of benzene rings is 2. The predicted molar refractivity (Wildman–Crippen MR) is 108 cm³/mol. The number of nitrogens with one attached hydrogen (secondary N) is 1. The Kier molecular flexibility index (Phi) is 6.33. The van der Waals surface area contributed by atoms with E-state index in [0.717, 1.165) is 5.56 Å². The van der Waals surface area contributed by atoms with E-state index in [1.807, 2.05) is 24.3 Å². The molecule has 0 saturated carbocycles. The van der Waals surface area contributed by atoms with Gasteiger partial charge in [0.1, 0.15) is 11.5 Å². The molecule has 0 bridgehead atoms. The van der Waals surface area contributed by atoms with Crippen LogP contribution in [-0.4, -0.2) is 35.9 Å². The highest BCUT2D eigenvalue weighted by Gasteiger charge is 2.23. The number of carboxylic acid groups (broad SMARTS) is 1. The second kappa shape index (κ2) is 9.09. The van der Waals surface area contributed by atoms with E-state index >= 15 is 0 Å². The number of carbonyl (C=O) groups is 2. The molecule has 2 aromatic rings. The van der Waals surface area contributed by atoms with Crippen molar-refractivity contribution in [3.05, 3.63) is 59.0 Å². The number of methoxy groups -OCH3 is 1. The average Bonchev–Trinajstić information content (AvgIpc) is 3.00. The van der Waals surface area contributed by atoms with Gasteiger partial charge in [-0.3, -0.25) is 9.59 Å². The number of aliphatic imine (C=N–C) groups is 1. The third-order valence-corrected chi connectivity index (χ3v) is 4.59. The number of aliphatic carboxylic acids is 1. The summed E-state index contributed by atoms with van der Waals surface area (Å²) in [5.41, 5.74) is 1.45. The van der Waals surface area contributed by atoms with E-state index in [1.54, 1.807) is 37.5 Å². The van der Waals surface area contributed by atoms with Crippen molar-refractivity contribution in [1.82, 2.24) is 5.32 Å². The largest absolute Gasteiger partial charge is 0.497 e. The molecule has 0 aliphatic carbocycles. The van der Waals surface area contributed by atoms with Gasteiger partial charge in [0.25, 0.3) is 5.91 Å². The number of amidine groups is 1. The van der Waals surface area contributed by atoms with Crippen LogP contribution in [0.25, 0.3) is 6.08 Å². The van der Waals surface area contributed by atoms with Crippen molar-refractivity contribution in [1.29, 1.82) is 0 Å². The van der Waals surface area contributed by atoms with Crippen LogP contribution in [0.4, 0.5) is 5.69 Å². The molecule has 0 unspecified atom stereocenters. The maximum absolute atomic E-state index is 12.2. The zero-order valence-corrected chi connectivity index (χ0v) is 15.9. The average molecular weight is 398 g/mol. The van der Waals surface area contributed by atoms with Crippen LogP contribution >= 0.6 is 11.8 Å². The quantitative estimate of drug-likeness (QED) is 0.694. The Morgan fingerprint density at radius 3 is 2.79 bits per heavy atom. The zero-order chi connectivity index (χ0) is 19.9. The summed E-state index contributed by atoms with van der Waals surface area (Å²) < 4.78 is 10.6. The normalized spacial score (nSPS) is 16.2. The van der Waals surface area contributed by atoms with E-state index in [9.17, 15) is 9.59 Å². The maximum atomic E-state index is 12.2. The van der Waals surface area contributed by atoms with Gasteiger partial charge in [0.05, 0.1) is 30.7 Å². The van der Waals surface area contributed by atoms with Crippen LogP contribution in [0.3, 0.4) is 0 Å². The minimum atomic E-state index is -0.917. The first-order chi connectivity index (χ1) is 13.5. The van der Waals surface area contributed by atoms with E-state index in [1.165, 1.54) is 11.8 Å². The molecule has 0 aromatic heterocycles. The van der Waals surface area contributed by atoms with Crippen molar-refractivity contribution < 1.29 is 24.2 Å². The van der Waals surface area contributed by atoms with Gasteiger partial charge in [0.15, 0.2) is 5.17 Å². The van der Waals surface area contributed by atoms with E-state index in [-0.39, 0.29) is 18.9 Å². The first-order valence-corrected chi connectivity index (χ1v) is 9.23. The molecule has 3 rings (SSSR count). The molecule has 1 saturated heterocycles. The van der Waals surface area contributed by atoms with Crippen LogP contribution < -0.4 is 14.8 Å². The summed E-state index contributed by atoms with van der Waals surface area (Å²) in [6, 6.07) is 14.4. The smallest absolute Gasteiger partial charge is 0.306 e. The summed E-state index contributed by atoms with van der Waals surface area (Å²) in [6.45, 7) is 0.0853. The van der Waals surface area contributed by atoms with E-state index in [2.05, 4.69) is 10.3 Å². The number of nitrogens with zero attached hydrogens (tertiary/aromatic N) is 1. The van der Waals surface area contributed by atoms with Crippen LogP contribution in [0.5, 0.6) is 11.5 Å². The molecule has 1 aliphatic heterocycles. The van der Waals surface area contributed by atoms with Gasteiger partial charge in [0.2, 0.25) is 0 Å². The topological polar surface area (TPSA) is 97.2 Å². The van der Waals surface area contributed by atoms with Crippen molar-refractivity contribution in [3.63, 3.8) is 0 Å². The molecule has 1 heterocycles. The standard InChI is InChI=1S/C20H18N2O5S/c1-26-15-6-3-5-14(12-15)21-20-22-19(25)17(28-20)11-13-4-2-7-16(10-13)27-9-8-18(23)24/h2-7,10-12H,8-9H2,1H3,(H,23,24)(H,21,22,25)/b17-11+. The number of thioether (sulfide) groups is 1. The number of rotatable bonds is 7. The van der Waals surface area contributed by atoms with Crippen LogP contribution in [0.1, 0.15) is 12.0 Å². The van der Waals surface area contributed by atoms with Crippen molar-refractivity contribution >= 4 is 40.6 Å². The third-order valence-electron chi connectivity index (χ3n) is 3.68. The summed E-state index contributed by atoms with van der Waals surface area (Å²) in [6.07, 6.45) is 1.66. The van der Waals surface area contributed by atoms with E-state index in [0.29, 0.717) is 27.3 Å². The summed E-state index contributed by atoms with van der Waals surface area (Å²) in [5.74, 6) is 0.0833. The van der Waals surface area contributed by atoms with Crippen molar-refractivity contribution in [2.24, 2.45) is 4.99 Å². The van der Waals surface area contributed by atoms with Gasteiger partial charge >= 0.3 is 5.97 Å². The third kappa shape index (κ3) is 5.37. The molecule has 144 valence electrons. The molecule has 2 N–H and O–H groups in total. The van der Waals surface area contributed by atoms with Gasteiger partial charge in [-0.05, 0) is 47.7 Å². The summed E-state index contributed by atoms with van der Waals surface area (Å²) in [5, 5.41) is 11.9. The predicted octanol–water partition coefficient (Wildman–Crippen LogP) is 3.44. The number of carboxylic acids is 1. The molecule has 8 heteroatoms. The Balaban J connectivity index is 1.71. The second-order valence-electron chi connectivity index (χ2n) is 5.75. The summed E-state index contributed by atoms with van der Waals surface area (Å²) >= 11 is 1.24. The Hall–Kier alpha value is -3.26. The molecule has 7 nitrogen and oxygen atoms in total. The Bertz CT molecular complexity index is 955. The van der Waals surface area contributed by atoms with Gasteiger partial charge in [0, 0.05) is 6.07 Å². The minimum absolute atomic E-state index is 0.0757. The van der Waals surface area contributed by atoms with Crippen LogP contribution in [0.15, 0.2) is 58.4 Å². The highest BCUT2D eigenvalue weighted by atomic mass is 32.2. The van der Waals surface area contributed by atoms with Crippen LogP contribution in [0.2, 0.25) is 0 Å². The first-order valence-electron chi connectivity index (χ1n) is 8.42. The molecular weight excluding hydrogens is 380 g/mol. The lowest BCUT2D eigenvalue weighted by Crippen LogP contribution is -2.19. The lowest BCUT2D eigenvalue weighted by molar-refractivity contribution is -0.137. The van der Waals surface area contributed by atoms with Gasteiger partial charge < -0.3 is 19.9 Å². The Morgan fingerprint density at radius 1 is 1.21 bits per heavy atom. The molecule has 0 radical (unpaired) electrons. The Labute approximate surface area is 166 Å². The monoisotopic (exact) mass is 398 g/mol. The maximum Gasteiger partial charge on any atom is 0.306 e. The number of carbonyl (C=O) groups excluding carboxylic acids is 1. The summed E-state index contributed by atoms with van der Waals surface area (Å²) in [7, 11) is 1.58. The van der Waals surface area contributed by atoms with Gasteiger partial charge in [-0.25, -0.2) is 4.99 Å². The number of hydrogen-bond donors (Lipinski definition) is 2. The van der Waals surface area contributed by atoms with Crippen molar-refractivity contribution in [3.8, 4) is 11.5 Å². The number of amides is 1.